The summed E-state index contributed by atoms with van der Waals surface area (Å²) in [5.74, 6) is 1.11. The second-order valence-corrected chi connectivity index (χ2v) is 10.5. The van der Waals surface area contributed by atoms with Crippen molar-refractivity contribution in [2.45, 2.75) is 19.3 Å². The van der Waals surface area contributed by atoms with E-state index in [2.05, 4.69) is 138 Å². The van der Waals surface area contributed by atoms with Crippen molar-refractivity contribution in [1.29, 1.82) is 0 Å². The summed E-state index contributed by atoms with van der Waals surface area (Å²) in [6, 6.07) is 41.5. The zero-order chi connectivity index (χ0) is 24.7. The van der Waals surface area contributed by atoms with Crippen LogP contribution in [-0.2, 0) is 5.41 Å². The van der Waals surface area contributed by atoms with Crippen molar-refractivity contribution >= 4 is 32.8 Å². The predicted octanol–water partition coefficient (Wildman–Crippen LogP) is 8.43. The molecule has 2 aromatic heterocycles. The van der Waals surface area contributed by atoms with Crippen LogP contribution < -0.4 is 0 Å². The van der Waals surface area contributed by atoms with Gasteiger partial charge in [-0.3, -0.25) is 4.57 Å². The van der Waals surface area contributed by atoms with Crippen molar-refractivity contribution in [1.82, 2.24) is 14.1 Å². The summed E-state index contributed by atoms with van der Waals surface area (Å²) in [5, 5.41) is 2.53. The molecule has 1 aliphatic heterocycles. The number of imidazole rings is 1. The first kappa shape index (κ1) is 20.6. The van der Waals surface area contributed by atoms with Crippen molar-refractivity contribution in [3.63, 3.8) is 0 Å². The SMILES string of the molecule is CC1(C)c2ccccc2-n2c1nc1cc(-c3ccc4c(c3)c3ccccc3n4-c3ccccc3)ccc12. The van der Waals surface area contributed by atoms with Gasteiger partial charge in [-0.1, -0.05) is 66.7 Å². The Bertz CT molecular complexity index is 2000. The van der Waals surface area contributed by atoms with Crippen molar-refractivity contribution in [3.8, 4) is 22.5 Å². The minimum atomic E-state index is -0.117. The third-order valence-electron chi connectivity index (χ3n) is 8.05. The van der Waals surface area contributed by atoms with Gasteiger partial charge in [0.1, 0.15) is 5.82 Å². The molecule has 3 heterocycles. The lowest BCUT2D eigenvalue weighted by Gasteiger charge is -2.17. The smallest absolute Gasteiger partial charge is 0.124 e. The van der Waals surface area contributed by atoms with E-state index < -0.39 is 0 Å². The Hall–Kier alpha value is -4.63. The number of fused-ring (bicyclic) bond motifs is 8. The highest BCUT2D eigenvalue weighted by Crippen LogP contribution is 2.44. The maximum atomic E-state index is 5.16. The van der Waals surface area contributed by atoms with Crippen LogP contribution >= 0.6 is 0 Å². The van der Waals surface area contributed by atoms with Gasteiger partial charge in [0.2, 0.25) is 0 Å². The van der Waals surface area contributed by atoms with Crippen molar-refractivity contribution in [3.05, 3.63) is 127 Å². The summed E-state index contributed by atoms with van der Waals surface area (Å²) >= 11 is 0. The Morgan fingerprint density at radius 1 is 0.568 bits per heavy atom. The minimum Gasteiger partial charge on any atom is -0.309 e. The van der Waals surface area contributed by atoms with E-state index in [-0.39, 0.29) is 5.41 Å². The van der Waals surface area contributed by atoms with Crippen molar-refractivity contribution in [2.24, 2.45) is 0 Å². The lowest BCUT2D eigenvalue weighted by atomic mass is 9.86. The van der Waals surface area contributed by atoms with E-state index >= 15 is 0 Å². The van der Waals surface area contributed by atoms with E-state index in [9.17, 15) is 0 Å². The number of nitrogens with zero attached hydrogens (tertiary/aromatic N) is 3. The van der Waals surface area contributed by atoms with Gasteiger partial charge in [-0.05, 0) is 79.1 Å². The molecule has 3 heteroatoms. The van der Waals surface area contributed by atoms with E-state index in [4.69, 9.17) is 4.98 Å². The second kappa shape index (κ2) is 7.21. The number of hydrogen-bond acceptors (Lipinski definition) is 1. The third-order valence-corrected chi connectivity index (χ3v) is 8.05. The Morgan fingerprint density at radius 2 is 1.24 bits per heavy atom. The highest BCUT2D eigenvalue weighted by atomic mass is 15.1. The van der Waals surface area contributed by atoms with E-state index in [0.717, 1.165) is 11.3 Å². The van der Waals surface area contributed by atoms with Gasteiger partial charge in [0.05, 0.1) is 33.2 Å². The normalized spacial score (nSPS) is 13.9. The molecule has 1 aliphatic rings. The number of benzene rings is 5. The zero-order valence-corrected chi connectivity index (χ0v) is 20.8. The molecule has 3 nitrogen and oxygen atoms in total. The van der Waals surface area contributed by atoms with Gasteiger partial charge < -0.3 is 4.57 Å². The molecule has 0 saturated heterocycles. The molecule has 7 aromatic rings. The van der Waals surface area contributed by atoms with E-state index in [1.54, 1.807) is 0 Å². The van der Waals surface area contributed by atoms with Gasteiger partial charge in [-0.2, -0.15) is 0 Å². The molecule has 5 aromatic carbocycles. The van der Waals surface area contributed by atoms with Crippen LogP contribution in [0.25, 0.3) is 55.3 Å². The molecule has 0 unspecified atom stereocenters. The molecule has 8 rings (SSSR count). The largest absolute Gasteiger partial charge is 0.309 e. The molecule has 0 amide bonds. The lowest BCUT2D eigenvalue weighted by molar-refractivity contribution is 0.621. The van der Waals surface area contributed by atoms with E-state index in [0.29, 0.717) is 0 Å². The summed E-state index contributed by atoms with van der Waals surface area (Å²) in [6.45, 7) is 4.54. The van der Waals surface area contributed by atoms with Gasteiger partial charge in [-0.25, -0.2) is 4.98 Å². The molecular weight excluding hydrogens is 450 g/mol. The van der Waals surface area contributed by atoms with Crippen molar-refractivity contribution in [2.75, 3.05) is 0 Å². The summed E-state index contributed by atoms with van der Waals surface area (Å²) in [5.41, 5.74) is 10.7. The maximum absolute atomic E-state index is 5.16. The average Bonchev–Trinajstić information content (AvgIpc) is 3.55. The number of hydrogen-bond donors (Lipinski definition) is 0. The number of aromatic nitrogens is 3. The Morgan fingerprint density at radius 3 is 2.11 bits per heavy atom. The quantitative estimate of drug-likeness (QED) is 0.246. The highest BCUT2D eigenvalue weighted by Gasteiger charge is 2.38. The van der Waals surface area contributed by atoms with Crippen LogP contribution in [0.15, 0.2) is 115 Å². The molecule has 0 spiro atoms. The van der Waals surface area contributed by atoms with Gasteiger partial charge >= 0.3 is 0 Å². The van der Waals surface area contributed by atoms with Crippen LogP contribution in [0.1, 0.15) is 25.2 Å². The maximum Gasteiger partial charge on any atom is 0.124 e. The highest BCUT2D eigenvalue weighted by molar-refractivity contribution is 6.10. The molecule has 0 N–H and O–H groups in total. The monoisotopic (exact) mass is 475 g/mol. The second-order valence-electron chi connectivity index (χ2n) is 10.5. The Kier molecular flexibility index (Phi) is 4.00. The summed E-state index contributed by atoms with van der Waals surface area (Å²) in [4.78, 5) is 5.16. The topological polar surface area (TPSA) is 22.8 Å². The first-order valence-electron chi connectivity index (χ1n) is 12.8. The molecule has 0 saturated carbocycles. The van der Waals surface area contributed by atoms with Crippen LogP contribution in [0.4, 0.5) is 0 Å². The molecule has 0 radical (unpaired) electrons. The Labute approximate surface area is 215 Å². The lowest BCUT2D eigenvalue weighted by Crippen LogP contribution is -2.16. The van der Waals surface area contributed by atoms with Crippen LogP contribution in [0.3, 0.4) is 0 Å². The summed E-state index contributed by atoms with van der Waals surface area (Å²) in [6.07, 6.45) is 0. The van der Waals surface area contributed by atoms with Crippen molar-refractivity contribution < 1.29 is 0 Å². The first-order valence-corrected chi connectivity index (χ1v) is 12.8. The predicted molar refractivity (Wildman–Crippen MR) is 153 cm³/mol. The first-order chi connectivity index (χ1) is 18.1. The Balaban J connectivity index is 1.32. The molecule has 0 fully saturated rings. The van der Waals surface area contributed by atoms with E-state index in [1.807, 2.05) is 0 Å². The van der Waals surface area contributed by atoms with Gasteiger partial charge in [0.15, 0.2) is 0 Å². The van der Waals surface area contributed by atoms with Crippen LogP contribution in [0, 0.1) is 0 Å². The fraction of sp³-hybridized carbons (Fsp3) is 0.0882. The summed E-state index contributed by atoms with van der Waals surface area (Å²) in [7, 11) is 0. The molecular formula is C34H25N3. The van der Waals surface area contributed by atoms with E-state index in [1.165, 1.54) is 55.4 Å². The molecule has 0 aliphatic carbocycles. The van der Waals surface area contributed by atoms with Gasteiger partial charge in [0, 0.05) is 16.5 Å². The average molecular weight is 476 g/mol. The number of para-hydroxylation sites is 3. The zero-order valence-electron chi connectivity index (χ0n) is 20.8. The molecule has 0 atom stereocenters. The van der Waals surface area contributed by atoms with Gasteiger partial charge in [-0.15, -0.1) is 0 Å². The molecule has 0 bridgehead atoms. The third kappa shape index (κ3) is 2.74. The fourth-order valence-electron chi connectivity index (χ4n) is 6.25. The van der Waals surface area contributed by atoms with Crippen LogP contribution in [0.5, 0.6) is 0 Å². The molecule has 176 valence electrons. The van der Waals surface area contributed by atoms with Crippen LogP contribution in [-0.4, -0.2) is 14.1 Å². The van der Waals surface area contributed by atoms with Gasteiger partial charge in [0.25, 0.3) is 0 Å². The standard InChI is InChI=1S/C34H25N3/c1-34(2)27-13-7-9-15-31(27)37-32-19-17-23(21-28(32)35-33(34)37)22-16-18-30-26(20-22)25-12-6-8-14-29(25)36(30)24-10-4-3-5-11-24/h3-21H,1-2H3. The molecule has 37 heavy (non-hydrogen) atoms. The minimum absolute atomic E-state index is 0.117. The summed E-state index contributed by atoms with van der Waals surface area (Å²) < 4.78 is 4.70. The fourth-order valence-corrected chi connectivity index (χ4v) is 6.25. The number of rotatable bonds is 2. The van der Waals surface area contributed by atoms with Crippen LogP contribution in [0.2, 0.25) is 0 Å².